The van der Waals surface area contributed by atoms with Crippen LogP contribution in [0.15, 0.2) is 18.2 Å². The van der Waals surface area contributed by atoms with Gasteiger partial charge < -0.3 is 10.6 Å². The number of hydrogen-bond acceptors (Lipinski definition) is 2. The zero-order chi connectivity index (χ0) is 13.5. The maximum atomic E-state index is 13.1. The molecule has 3 heteroatoms. The lowest BCUT2D eigenvalue weighted by atomic mass is 10.1. The minimum absolute atomic E-state index is 0.124. The van der Waals surface area contributed by atoms with E-state index in [-0.39, 0.29) is 5.82 Å². The van der Waals surface area contributed by atoms with Crippen LogP contribution in [0.5, 0.6) is 0 Å². The van der Waals surface area contributed by atoms with E-state index in [9.17, 15) is 4.39 Å². The number of nitrogens with two attached hydrogens (primary N) is 1. The van der Waals surface area contributed by atoms with Crippen molar-refractivity contribution in [3.05, 3.63) is 35.1 Å². The highest BCUT2D eigenvalue weighted by Crippen LogP contribution is 2.10. The van der Waals surface area contributed by atoms with Crippen molar-refractivity contribution in [2.75, 3.05) is 26.7 Å². The van der Waals surface area contributed by atoms with Gasteiger partial charge in [-0.25, -0.2) is 4.39 Å². The Kier molecular flexibility index (Phi) is 6.30. The molecule has 0 aromatic heterocycles. The summed E-state index contributed by atoms with van der Waals surface area (Å²) in [6.07, 6.45) is 2.08. The van der Waals surface area contributed by atoms with Gasteiger partial charge in [0, 0.05) is 13.1 Å². The number of nitrogens with zero attached hydrogens (tertiary/aromatic N) is 1. The Hall–Kier alpha value is -0.930. The van der Waals surface area contributed by atoms with E-state index in [2.05, 4.69) is 18.9 Å². The maximum Gasteiger partial charge on any atom is 0.126 e. The molecule has 0 aliphatic rings. The topological polar surface area (TPSA) is 29.3 Å². The molecule has 0 bridgehead atoms. The Morgan fingerprint density at radius 3 is 2.67 bits per heavy atom. The molecule has 1 atom stereocenters. The van der Waals surface area contributed by atoms with Crippen LogP contribution < -0.4 is 5.73 Å². The van der Waals surface area contributed by atoms with E-state index >= 15 is 0 Å². The molecule has 1 aromatic rings. The molecule has 0 fully saturated rings. The predicted octanol–water partition coefficient (Wildman–Crippen LogP) is 2.59. The van der Waals surface area contributed by atoms with Crippen LogP contribution in [-0.4, -0.2) is 31.6 Å². The molecule has 0 aliphatic heterocycles. The second-order valence-electron chi connectivity index (χ2n) is 5.11. The number of hydrogen-bond donors (Lipinski definition) is 1. The van der Waals surface area contributed by atoms with Crippen molar-refractivity contribution in [3.63, 3.8) is 0 Å². The molecule has 2 N–H and O–H groups in total. The smallest absolute Gasteiger partial charge is 0.126 e. The van der Waals surface area contributed by atoms with Gasteiger partial charge in [0.25, 0.3) is 0 Å². The summed E-state index contributed by atoms with van der Waals surface area (Å²) < 4.78 is 13.1. The van der Waals surface area contributed by atoms with Gasteiger partial charge in [-0.1, -0.05) is 25.5 Å². The van der Waals surface area contributed by atoms with Gasteiger partial charge in [0.2, 0.25) is 0 Å². The van der Waals surface area contributed by atoms with E-state index in [4.69, 9.17) is 5.73 Å². The largest absolute Gasteiger partial charge is 0.330 e. The first-order valence-corrected chi connectivity index (χ1v) is 6.70. The van der Waals surface area contributed by atoms with Gasteiger partial charge in [0.1, 0.15) is 5.82 Å². The molecule has 0 heterocycles. The Balaban J connectivity index is 2.42. The zero-order valence-electron chi connectivity index (χ0n) is 11.7. The van der Waals surface area contributed by atoms with Gasteiger partial charge in [0.05, 0.1) is 0 Å². The summed E-state index contributed by atoms with van der Waals surface area (Å²) in [4.78, 5) is 2.31. The first-order valence-electron chi connectivity index (χ1n) is 6.70. The molecule has 0 radical (unpaired) electrons. The van der Waals surface area contributed by atoms with Crippen molar-refractivity contribution in [2.45, 2.75) is 26.7 Å². The summed E-state index contributed by atoms with van der Waals surface area (Å²) in [6.45, 7) is 6.75. The standard InChI is InChI=1S/C15H25FN2/c1-4-13(10-17)11-18(3)8-7-14-5-6-15(16)12(2)9-14/h5-6,9,13H,4,7-8,10-11,17H2,1-3H3. The van der Waals surface area contributed by atoms with Gasteiger partial charge in [-0.15, -0.1) is 0 Å². The summed E-state index contributed by atoms with van der Waals surface area (Å²) in [6, 6.07) is 5.36. The van der Waals surface area contributed by atoms with Crippen LogP contribution in [0.2, 0.25) is 0 Å². The highest BCUT2D eigenvalue weighted by atomic mass is 19.1. The number of aryl methyl sites for hydroxylation is 1. The highest BCUT2D eigenvalue weighted by Gasteiger charge is 2.08. The van der Waals surface area contributed by atoms with E-state index in [1.54, 1.807) is 6.07 Å². The Labute approximate surface area is 110 Å². The predicted molar refractivity (Wildman–Crippen MR) is 75.2 cm³/mol. The maximum absolute atomic E-state index is 13.1. The third-order valence-corrected chi connectivity index (χ3v) is 3.49. The first kappa shape index (κ1) is 15.1. The molecule has 1 aromatic carbocycles. The van der Waals surface area contributed by atoms with Crippen LogP contribution in [0, 0.1) is 18.7 Å². The SMILES string of the molecule is CCC(CN)CN(C)CCc1ccc(F)c(C)c1. The van der Waals surface area contributed by atoms with Gasteiger partial charge >= 0.3 is 0 Å². The molecule has 1 unspecified atom stereocenters. The van der Waals surface area contributed by atoms with E-state index in [0.29, 0.717) is 5.92 Å². The molecule has 0 aliphatic carbocycles. The number of likely N-dealkylation sites (N-methyl/N-ethyl adjacent to an activating group) is 1. The molecular formula is C15H25FN2. The number of halogens is 1. The number of benzene rings is 1. The van der Waals surface area contributed by atoms with Crippen molar-refractivity contribution >= 4 is 0 Å². The van der Waals surface area contributed by atoms with Gasteiger partial charge in [-0.3, -0.25) is 0 Å². The second kappa shape index (κ2) is 7.49. The van der Waals surface area contributed by atoms with Crippen LogP contribution in [0.4, 0.5) is 4.39 Å². The van der Waals surface area contributed by atoms with Crippen molar-refractivity contribution in [3.8, 4) is 0 Å². The summed E-state index contributed by atoms with van der Waals surface area (Å²) in [7, 11) is 2.12. The van der Waals surface area contributed by atoms with E-state index in [0.717, 1.165) is 38.0 Å². The molecular weight excluding hydrogens is 227 g/mol. The normalized spacial score (nSPS) is 13.0. The Morgan fingerprint density at radius 1 is 1.39 bits per heavy atom. The summed E-state index contributed by atoms with van der Waals surface area (Å²) in [5.74, 6) is 0.450. The average Bonchev–Trinajstić information content (AvgIpc) is 2.37. The lowest BCUT2D eigenvalue weighted by molar-refractivity contribution is 0.277. The fraction of sp³-hybridized carbons (Fsp3) is 0.600. The average molecular weight is 252 g/mol. The molecule has 0 amide bonds. The summed E-state index contributed by atoms with van der Waals surface area (Å²) >= 11 is 0. The van der Waals surface area contributed by atoms with Crippen molar-refractivity contribution in [1.82, 2.24) is 4.90 Å². The van der Waals surface area contributed by atoms with Crippen molar-refractivity contribution in [2.24, 2.45) is 11.7 Å². The molecule has 102 valence electrons. The van der Waals surface area contributed by atoms with Crippen LogP contribution in [0.3, 0.4) is 0 Å². The molecule has 0 saturated heterocycles. The minimum Gasteiger partial charge on any atom is -0.330 e. The lowest BCUT2D eigenvalue weighted by Crippen LogP contribution is -2.31. The molecule has 1 rings (SSSR count). The third kappa shape index (κ3) is 4.75. The highest BCUT2D eigenvalue weighted by molar-refractivity contribution is 5.24. The zero-order valence-corrected chi connectivity index (χ0v) is 11.7. The first-order chi connectivity index (χ1) is 8.56. The molecule has 2 nitrogen and oxygen atoms in total. The minimum atomic E-state index is -0.124. The van der Waals surface area contributed by atoms with Gasteiger partial charge in [-0.2, -0.15) is 0 Å². The van der Waals surface area contributed by atoms with Gasteiger partial charge in [-0.05, 0) is 50.0 Å². The van der Waals surface area contributed by atoms with Gasteiger partial charge in [0.15, 0.2) is 0 Å². The molecule has 18 heavy (non-hydrogen) atoms. The molecule has 0 spiro atoms. The monoisotopic (exact) mass is 252 g/mol. The van der Waals surface area contributed by atoms with Crippen LogP contribution in [-0.2, 0) is 6.42 Å². The van der Waals surface area contributed by atoms with E-state index < -0.39 is 0 Å². The summed E-state index contributed by atoms with van der Waals surface area (Å²) in [5.41, 5.74) is 7.63. The summed E-state index contributed by atoms with van der Waals surface area (Å²) in [5, 5.41) is 0. The van der Waals surface area contributed by atoms with Crippen LogP contribution >= 0.6 is 0 Å². The Morgan fingerprint density at radius 2 is 2.11 bits per heavy atom. The van der Waals surface area contributed by atoms with Crippen molar-refractivity contribution in [1.29, 1.82) is 0 Å². The van der Waals surface area contributed by atoms with Crippen molar-refractivity contribution < 1.29 is 4.39 Å². The van der Waals surface area contributed by atoms with Crippen LogP contribution in [0.1, 0.15) is 24.5 Å². The fourth-order valence-electron chi connectivity index (χ4n) is 2.08. The van der Waals surface area contributed by atoms with E-state index in [1.165, 1.54) is 5.56 Å². The lowest BCUT2D eigenvalue weighted by Gasteiger charge is -2.22. The second-order valence-corrected chi connectivity index (χ2v) is 5.11. The molecule has 0 saturated carbocycles. The number of rotatable bonds is 7. The fourth-order valence-corrected chi connectivity index (χ4v) is 2.08. The third-order valence-electron chi connectivity index (χ3n) is 3.49. The van der Waals surface area contributed by atoms with E-state index in [1.807, 2.05) is 19.1 Å². The van der Waals surface area contributed by atoms with Crippen LogP contribution in [0.25, 0.3) is 0 Å². The quantitative estimate of drug-likeness (QED) is 0.808. The Bertz CT molecular complexity index is 362.